The summed E-state index contributed by atoms with van der Waals surface area (Å²) in [5, 5.41) is 13.3. The van der Waals surface area contributed by atoms with Gasteiger partial charge in [0.25, 0.3) is 0 Å². The maximum absolute atomic E-state index is 12.9. The molecule has 2 N–H and O–H groups in total. The number of amides is 1. The predicted octanol–water partition coefficient (Wildman–Crippen LogP) is 4.76. The molecule has 1 aliphatic rings. The van der Waals surface area contributed by atoms with Gasteiger partial charge in [-0.3, -0.25) is 4.79 Å². The Morgan fingerprint density at radius 1 is 1.06 bits per heavy atom. The first-order chi connectivity index (χ1) is 15.5. The summed E-state index contributed by atoms with van der Waals surface area (Å²) in [4.78, 5) is 27.1. The first-order valence-electron chi connectivity index (χ1n) is 11.6. The third-order valence-electron chi connectivity index (χ3n) is 5.83. The molecule has 1 atom stereocenters. The van der Waals surface area contributed by atoms with Crippen LogP contribution in [0.4, 0.5) is 5.69 Å². The molecule has 1 aliphatic heterocycles. The molecular weight excluding hydrogens is 404 g/mol. The number of aromatic hydroxyl groups is 1. The minimum absolute atomic E-state index is 0.0831. The lowest BCUT2D eigenvalue weighted by Gasteiger charge is -2.33. The maximum atomic E-state index is 12.9. The molecule has 1 fully saturated rings. The third-order valence-corrected chi connectivity index (χ3v) is 5.83. The molecule has 1 heterocycles. The molecule has 0 radical (unpaired) electrons. The highest BCUT2D eigenvalue weighted by atomic mass is 16.5. The first-order valence-corrected chi connectivity index (χ1v) is 11.6. The number of phenolic OH excluding ortho intramolecular Hbond substituents is 1. The number of carbonyl (C=O) groups excluding carboxylic acids is 2. The average molecular weight is 439 g/mol. The van der Waals surface area contributed by atoms with Crippen molar-refractivity contribution >= 4 is 17.6 Å². The molecule has 2 aromatic carbocycles. The van der Waals surface area contributed by atoms with Crippen molar-refractivity contribution in [1.29, 1.82) is 0 Å². The van der Waals surface area contributed by atoms with Gasteiger partial charge in [0.1, 0.15) is 5.75 Å². The normalized spacial score (nSPS) is 14.6. The minimum Gasteiger partial charge on any atom is -0.508 e. The highest BCUT2D eigenvalue weighted by molar-refractivity contribution is 5.89. The number of nitrogens with zero attached hydrogens (tertiary/aromatic N) is 1. The SMILES string of the molecule is CCCC(NC(=O)Cc1ccc(C(=O)OCC)cc1)c1cc(O)ccc1N1CCCCC1. The molecule has 0 aromatic heterocycles. The first kappa shape index (κ1) is 23.6. The van der Waals surface area contributed by atoms with Gasteiger partial charge in [-0.1, -0.05) is 25.5 Å². The van der Waals surface area contributed by atoms with E-state index in [2.05, 4.69) is 17.1 Å². The van der Waals surface area contributed by atoms with Crippen molar-refractivity contribution in [2.75, 3.05) is 24.6 Å². The molecule has 0 spiro atoms. The Balaban J connectivity index is 1.73. The van der Waals surface area contributed by atoms with Crippen molar-refractivity contribution < 1.29 is 19.4 Å². The number of piperidine rings is 1. The Labute approximate surface area is 190 Å². The van der Waals surface area contributed by atoms with Crippen LogP contribution in [0.5, 0.6) is 5.75 Å². The van der Waals surface area contributed by atoms with Crippen molar-refractivity contribution in [2.24, 2.45) is 0 Å². The van der Waals surface area contributed by atoms with Crippen LogP contribution in [-0.2, 0) is 16.0 Å². The summed E-state index contributed by atoms with van der Waals surface area (Å²) in [6.07, 6.45) is 5.49. The second-order valence-electron chi connectivity index (χ2n) is 8.29. The van der Waals surface area contributed by atoms with E-state index < -0.39 is 0 Å². The molecule has 1 saturated heterocycles. The van der Waals surface area contributed by atoms with Crippen LogP contribution >= 0.6 is 0 Å². The second-order valence-corrected chi connectivity index (χ2v) is 8.29. The number of ether oxygens (including phenoxy) is 1. The van der Waals surface area contributed by atoms with Crippen LogP contribution in [0.2, 0.25) is 0 Å². The lowest BCUT2D eigenvalue weighted by Crippen LogP contribution is -2.34. The van der Waals surface area contributed by atoms with E-state index >= 15 is 0 Å². The van der Waals surface area contributed by atoms with Crippen LogP contribution in [0.1, 0.15) is 73.5 Å². The van der Waals surface area contributed by atoms with Gasteiger partial charge in [0.2, 0.25) is 5.91 Å². The Hall–Kier alpha value is -3.02. The van der Waals surface area contributed by atoms with E-state index in [1.807, 2.05) is 6.07 Å². The van der Waals surface area contributed by atoms with Crippen molar-refractivity contribution in [3.8, 4) is 5.75 Å². The van der Waals surface area contributed by atoms with Crippen LogP contribution in [0.3, 0.4) is 0 Å². The number of hydrogen-bond donors (Lipinski definition) is 2. The molecule has 3 rings (SSSR count). The minimum atomic E-state index is -0.361. The van der Waals surface area contributed by atoms with Gasteiger partial charge in [-0.05, 0) is 68.5 Å². The van der Waals surface area contributed by atoms with Crippen LogP contribution < -0.4 is 10.2 Å². The molecule has 2 aromatic rings. The monoisotopic (exact) mass is 438 g/mol. The number of anilines is 1. The molecule has 32 heavy (non-hydrogen) atoms. The fourth-order valence-corrected chi connectivity index (χ4v) is 4.24. The number of rotatable bonds is 9. The Morgan fingerprint density at radius 3 is 2.44 bits per heavy atom. The van der Waals surface area contributed by atoms with Gasteiger partial charge in [-0.15, -0.1) is 0 Å². The third kappa shape index (κ3) is 6.25. The maximum Gasteiger partial charge on any atom is 0.338 e. The van der Waals surface area contributed by atoms with E-state index in [0.29, 0.717) is 12.2 Å². The lowest BCUT2D eigenvalue weighted by molar-refractivity contribution is -0.121. The summed E-state index contributed by atoms with van der Waals surface area (Å²) in [6, 6.07) is 12.3. The van der Waals surface area contributed by atoms with E-state index in [1.54, 1.807) is 43.3 Å². The number of phenols is 1. The molecule has 6 nitrogen and oxygen atoms in total. The van der Waals surface area contributed by atoms with Gasteiger partial charge in [0.05, 0.1) is 24.6 Å². The summed E-state index contributed by atoms with van der Waals surface area (Å²) in [5.74, 6) is -0.230. The molecule has 6 heteroatoms. The lowest BCUT2D eigenvalue weighted by atomic mass is 9.97. The zero-order chi connectivity index (χ0) is 22.9. The van der Waals surface area contributed by atoms with Crippen LogP contribution in [0.25, 0.3) is 0 Å². The molecule has 172 valence electrons. The van der Waals surface area contributed by atoms with Crippen molar-refractivity contribution in [3.05, 3.63) is 59.2 Å². The zero-order valence-corrected chi connectivity index (χ0v) is 19.1. The largest absolute Gasteiger partial charge is 0.508 e. The van der Waals surface area contributed by atoms with Crippen molar-refractivity contribution in [3.63, 3.8) is 0 Å². The average Bonchev–Trinajstić information content (AvgIpc) is 2.80. The Bertz CT molecular complexity index is 905. The summed E-state index contributed by atoms with van der Waals surface area (Å²) >= 11 is 0. The van der Waals surface area contributed by atoms with E-state index in [1.165, 1.54) is 6.42 Å². The summed E-state index contributed by atoms with van der Waals surface area (Å²) in [6.45, 7) is 6.19. The second kappa shape index (κ2) is 11.6. The Morgan fingerprint density at radius 2 is 1.78 bits per heavy atom. The molecule has 1 amide bonds. The van der Waals surface area contributed by atoms with Gasteiger partial charge in [0, 0.05) is 24.3 Å². The van der Waals surface area contributed by atoms with Gasteiger partial charge in [-0.25, -0.2) is 4.79 Å². The number of hydrogen-bond acceptors (Lipinski definition) is 5. The standard InChI is InChI=1S/C26H34N2O4/c1-3-8-23(22-18-21(29)13-14-24(22)28-15-6-5-7-16-28)27-25(30)17-19-9-11-20(12-10-19)26(31)32-4-2/h9-14,18,23,29H,3-8,15-17H2,1-2H3,(H,27,30). The molecule has 0 saturated carbocycles. The van der Waals surface area contributed by atoms with Crippen LogP contribution in [0.15, 0.2) is 42.5 Å². The summed E-state index contributed by atoms with van der Waals surface area (Å²) in [5.41, 5.74) is 3.38. The van der Waals surface area contributed by atoms with E-state index in [0.717, 1.165) is 55.6 Å². The van der Waals surface area contributed by atoms with Gasteiger partial charge in [-0.2, -0.15) is 0 Å². The predicted molar refractivity (Wildman–Crippen MR) is 126 cm³/mol. The van der Waals surface area contributed by atoms with Crippen LogP contribution in [-0.4, -0.2) is 36.7 Å². The number of esters is 1. The van der Waals surface area contributed by atoms with E-state index in [-0.39, 0.29) is 30.1 Å². The zero-order valence-electron chi connectivity index (χ0n) is 19.1. The van der Waals surface area contributed by atoms with E-state index in [9.17, 15) is 14.7 Å². The van der Waals surface area contributed by atoms with Gasteiger partial charge >= 0.3 is 5.97 Å². The quantitative estimate of drug-likeness (QED) is 0.552. The number of nitrogens with one attached hydrogen (secondary N) is 1. The van der Waals surface area contributed by atoms with E-state index in [4.69, 9.17) is 4.74 Å². The van der Waals surface area contributed by atoms with Crippen molar-refractivity contribution in [2.45, 2.75) is 58.4 Å². The fraction of sp³-hybridized carbons (Fsp3) is 0.462. The number of benzene rings is 2. The molecule has 1 unspecified atom stereocenters. The molecular formula is C26H34N2O4. The summed E-state index contributed by atoms with van der Waals surface area (Å²) < 4.78 is 5.01. The molecule has 0 aliphatic carbocycles. The number of carbonyl (C=O) groups is 2. The van der Waals surface area contributed by atoms with Crippen LogP contribution in [0, 0.1) is 0 Å². The smallest absolute Gasteiger partial charge is 0.338 e. The molecule has 0 bridgehead atoms. The Kier molecular flexibility index (Phi) is 8.54. The highest BCUT2D eigenvalue weighted by Crippen LogP contribution is 2.34. The van der Waals surface area contributed by atoms with Gasteiger partial charge < -0.3 is 20.1 Å². The summed E-state index contributed by atoms with van der Waals surface area (Å²) in [7, 11) is 0. The topological polar surface area (TPSA) is 78.9 Å². The highest BCUT2D eigenvalue weighted by Gasteiger charge is 2.22. The fourth-order valence-electron chi connectivity index (χ4n) is 4.24. The van der Waals surface area contributed by atoms with Gasteiger partial charge in [0.15, 0.2) is 0 Å². The van der Waals surface area contributed by atoms with Crippen molar-refractivity contribution in [1.82, 2.24) is 5.32 Å².